The Morgan fingerprint density at radius 1 is 1.40 bits per heavy atom. The Bertz CT molecular complexity index is 803. The molecule has 0 spiro atoms. The number of hydrogen-bond donors (Lipinski definition) is 1. The van der Waals surface area contributed by atoms with Crippen molar-refractivity contribution in [2.45, 2.75) is 13.0 Å². The maximum atomic E-state index is 9.14. The highest BCUT2D eigenvalue weighted by atomic mass is 15.4. The van der Waals surface area contributed by atoms with Crippen LogP contribution in [0.4, 0.5) is 0 Å². The van der Waals surface area contributed by atoms with Gasteiger partial charge in [-0.25, -0.2) is 4.68 Å². The highest BCUT2D eigenvalue weighted by Gasteiger charge is 2.14. The van der Waals surface area contributed by atoms with Crippen LogP contribution in [0.3, 0.4) is 0 Å². The van der Waals surface area contributed by atoms with Gasteiger partial charge in [0.05, 0.1) is 12.2 Å². The van der Waals surface area contributed by atoms with Crippen LogP contribution < -0.4 is 0 Å². The van der Waals surface area contributed by atoms with E-state index in [-0.39, 0.29) is 0 Å². The minimum atomic E-state index is 0.372. The second-order valence-electron chi connectivity index (χ2n) is 4.50. The number of hydrogen-bond acceptors (Lipinski definition) is 3. The van der Waals surface area contributed by atoms with E-state index in [0.29, 0.717) is 18.7 Å². The topological polar surface area (TPSA) is 70.3 Å². The van der Waals surface area contributed by atoms with Crippen LogP contribution in [0.1, 0.15) is 17.0 Å². The molecule has 0 saturated heterocycles. The number of nitrogens with one attached hydrogen (secondary N) is 1. The van der Waals surface area contributed by atoms with E-state index in [1.165, 1.54) is 0 Å². The molecule has 0 unspecified atom stereocenters. The van der Waals surface area contributed by atoms with Crippen molar-refractivity contribution in [3.63, 3.8) is 0 Å². The number of fused-ring (bicyclic) bond motifs is 1. The van der Waals surface area contributed by atoms with Crippen LogP contribution in [0, 0.1) is 11.3 Å². The fraction of sp³-hybridized carbons (Fsp3) is 0.133. The Hall–Kier alpha value is -2.87. The maximum absolute atomic E-state index is 9.14. The molecule has 1 aromatic carbocycles. The van der Waals surface area contributed by atoms with Crippen LogP contribution in [0.2, 0.25) is 0 Å². The normalized spacial score (nSPS) is 10.6. The zero-order chi connectivity index (χ0) is 13.9. The maximum Gasteiger partial charge on any atom is 0.186 e. The van der Waals surface area contributed by atoms with E-state index in [4.69, 9.17) is 5.26 Å². The van der Waals surface area contributed by atoms with Crippen molar-refractivity contribution in [1.29, 1.82) is 5.26 Å². The first-order chi connectivity index (χ1) is 9.83. The van der Waals surface area contributed by atoms with E-state index in [2.05, 4.69) is 34.0 Å². The molecule has 3 rings (SSSR count). The van der Waals surface area contributed by atoms with Crippen molar-refractivity contribution in [2.24, 2.45) is 0 Å². The molecular formula is C15H13N5. The van der Waals surface area contributed by atoms with Gasteiger partial charge in [0, 0.05) is 23.5 Å². The summed E-state index contributed by atoms with van der Waals surface area (Å²) >= 11 is 0. The lowest BCUT2D eigenvalue weighted by molar-refractivity contribution is 0.637. The van der Waals surface area contributed by atoms with Crippen LogP contribution in [0.5, 0.6) is 0 Å². The fourth-order valence-corrected chi connectivity index (χ4v) is 2.32. The molecule has 20 heavy (non-hydrogen) atoms. The SMILES string of the molecule is C=CCn1nnc(C#N)c1Cc1c[nH]c2ccccc12. The summed E-state index contributed by atoms with van der Waals surface area (Å²) in [5.41, 5.74) is 3.41. The van der Waals surface area contributed by atoms with Gasteiger partial charge in [0.25, 0.3) is 0 Å². The van der Waals surface area contributed by atoms with E-state index in [1.807, 2.05) is 24.4 Å². The quantitative estimate of drug-likeness (QED) is 0.735. The Balaban J connectivity index is 2.04. The number of allylic oxidation sites excluding steroid dienone is 1. The third-order valence-corrected chi connectivity index (χ3v) is 3.28. The van der Waals surface area contributed by atoms with Gasteiger partial charge in [0.15, 0.2) is 5.69 Å². The van der Waals surface area contributed by atoms with Crippen LogP contribution in [-0.2, 0) is 13.0 Å². The lowest BCUT2D eigenvalue weighted by Gasteiger charge is -2.03. The average molecular weight is 263 g/mol. The molecule has 0 atom stereocenters. The molecule has 0 fully saturated rings. The minimum Gasteiger partial charge on any atom is -0.361 e. The number of para-hydroxylation sites is 1. The number of nitrogens with zero attached hydrogens (tertiary/aromatic N) is 4. The van der Waals surface area contributed by atoms with E-state index in [9.17, 15) is 0 Å². The number of H-pyrrole nitrogens is 1. The summed E-state index contributed by atoms with van der Waals surface area (Å²) in [5.74, 6) is 0. The molecule has 1 N–H and O–H groups in total. The lowest BCUT2D eigenvalue weighted by Crippen LogP contribution is -2.04. The molecule has 0 bridgehead atoms. The van der Waals surface area contributed by atoms with Crippen LogP contribution in [0.25, 0.3) is 10.9 Å². The molecule has 3 aromatic rings. The van der Waals surface area contributed by atoms with Gasteiger partial charge in [0.1, 0.15) is 6.07 Å². The van der Waals surface area contributed by atoms with Gasteiger partial charge in [-0.2, -0.15) is 5.26 Å². The molecule has 2 heterocycles. The molecule has 0 aliphatic rings. The third kappa shape index (κ3) is 1.97. The van der Waals surface area contributed by atoms with Gasteiger partial charge < -0.3 is 4.98 Å². The monoisotopic (exact) mass is 263 g/mol. The molecule has 2 aromatic heterocycles. The standard InChI is InChI=1S/C15H13N5/c1-2-7-20-15(14(9-16)18-19-20)8-11-10-17-13-6-4-3-5-12(11)13/h2-6,10,17H,1,7-8H2. The molecular weight excluding hydrogens is 250 g/mol. The summed E-state index contributed by atoms with van der Waals surface area (Å²) in [6.07, 6.45) is 4.33. The average Bonchev–Trinajstić information content (AvgIpc) is 3.05. The van der Waals surface area contributed by atoms with E-state index < -0.39 is 0 Å². The first-order valence-corrected chi connectivity index (χ1v) is 6.32. The number of aromatic amines is 1. The van der Waals surface area contributed by atoms with Crippen molar-refractivity contribution in [2.75, 3.05) is 0 Å². The van der Waals surface area contributed by atoms with Gasteiger partial charge >= 0.3 is 0 Å². The Morgan fingerprint density at radius 3 is 3.05 bits per heavy atom. The Kier molecular flexibility index (Phi) is 3.05. The van der Waals surface area contributed by atoms with Gasteiger partial charge in [-0.1, -0.05) is 29.5 Å². The first-order valence-electron chi connectivity index (χ1n) is 6.32. The summed E-state index contributed by atoms with van der Waals surface area (Å²) in [7, 11) is 0. The van der Waals surface area contributed by atoms with Crippen LogP contribution >= 0.6 is 0 Å². The molecule has 5 nitrogen and oxygen atoms in total. The molecule has 0 radical (unpaired) electrons. The lowest BCUT2D eigenvalue weighted by atomic mass is 10.1. The van der Waals surface area contributed by atoms with Crippen molar-refractivity contribution in [3.8, 4) is 6.07 Å². The fourth-order valence-electron chi connectivity index (χ4n) is 2.32. The number of rotatable bonds is 4. The predicted octanol–water partition coefficient (Wildman–Crippen LogP) is 2.41. The number of aromatic nitrogens is 4. The van der Waals surface area contributed by atoms with Crippen LogP contribution in [0.15, 0.2) is 43.1 Å². The largest absolute Gasteiger partial charge is 0.361 e. The molecule has 5 heteroatoms. The summed E-state index contributed by atoms with van der Waals surface area (Å²) in [5, 5.41) is 18.2. The van der Waals surface area contributed by atoms with Crippen LogP contribution in [-0.4, -0.2) is 20.0 Å². The van der Waals surface area contributed by atoms with E-state index >= 15 is 0 Å². The Labute approximate surface area is 116 Å². The molecule has 98 valence electrons. The molecule has 0 saturated carbocycles. The summed E-state index contributed by atoms with van der Waals surface area (Å²) < 4.78 is 1.72. The minimum absolute atomic E-state index is 0.372. The van der Waals surface area contributed by atoms with Gasteiger partial charge in [-0.3, -0.25) is 0 Å². The zero-order valence-corrected chi connectivity index (χ0v) is 10.9. The molecule has 0 amide bonds. The van der Waals surface area contributed by atoms with Gasteiger partial charge in [-0.15, -0.1) is 11.7 Å². The van der Waals surface area contributed by atoms with Crippen molar-refractivity contribution in [1.82, 2.24) is 20.0 Å². The Morgan fingerprint density at radius 2 is 2.25 bits per heavy atom. The highest BCUT2D eigenvalue weighted by Crippen LogP contribution is 2.21. The highest BCUT2D eigenvalue weighted by molar-refractivity contribution is 5.83. The van der Waals surface area contributed by atoms with Crippen molar-refractivity contribution < 1.29 is 0 Å². The summed E-state index contributed by atoms with van der Waals surface area (Å²) in [6.45, 7) is 4.25. The van der Waals surface area contributed by atoms with Gasteiger partial charge in [-0.05, 0) is 11.6 Å². The summed E-state index contributed by atoms with van der Waals surface area (Å²) in [4.78, 5) is 3.24. The molecule has 0 aliphatic heterocycles. The zero-order valence-electron chi connectivity index (χ0n) is 10.9. The second kappa shape index (κ2) is 5.02. The van der Waals surface area contributed by atoms with Gasteiger partial charge in [0.2, 0.25) is 0 Å². The van der Waals surface area contributed by atoms with Crippen molar-refractivity contribution in [3.05, 3.63) is 60.1 Å². The third-order valence-electron chi connectivity index (χ3n) is 3.28. The second-order valence-corrected chi connectivity index (χ2v) is 4.50. The number of benzene rings is 1. The predicted molar refractivity (Wildman–Crippen MR) is 76.0 cm³/mol. The van der Waals surface area contributed by atoms with Crippen molar-refractivity contribution >= 4 is 10.9 Å². The summed E-state index contributed by atoms with van der Waals surface area (Å²) in [6, 6.07) is 10.2. The molecule has 0 aliphatic carbocycles. The smallest absolute Gasteiger partial charge is 0.186 e. The van der Waals surface area contributed by atoms with E-state index in [0.717, 1.165) is 22.2 Å². The first kappa shape index (κ1) is 12.2. The van der Waals surface area contributed by atoms with E-state index in [1.54, 1.807) is 10.8 Å². The number of nitriles is 1.